The van der Waals surface area contributed by atoms with Crippen molar-refractivity contribution in [3.8, 4) is 0 Å². The van der Waals surface area contributed by atoms with Crippen molar-refractivity contribution in [2.24, 2.45) is 0 Å². The van der Waals surface area contributed by atoms with E-state index in [0.29, 0.717) is 18.2 Å². The van der Waals surface area contributed by atoms with E-state index in [4.69, 9.17) is 0 Å². The lowest BCUT2D eigenvalue weighted by molar-refractivity contribution is -0.124. The number of ketones is 1. The van der Waals surface area contributed by atoms with Gasteiger partial charge in [0.05, 0.1) is 6.04 Å². The number of carbonyl (C=O) groups is 1. The smallest absolute Gasteiger partial charge is 0.150 e. The average Bonchev–Trinajstić information content (AvgIpc) is 3.17. The van der Waals surface area contributed by atoms with Crippen molar-refractivity contribution in [1.82, 2.24) is 10.2 Å². The van der Waals surface area contributed by atoms with E-state index in [2.05, 4.69) is 27.7 Å². The summed E-state index contributed by atoms with van der Waals surface area (Å²) in [5, 5.41) is 5.51. The van der Waals surface area contributed by atoms with Crippen LogP contribution in [0.5, 0.6) is 0 Å². The van der Waals surface area contributed by atoms with Crippen LogP contribution in [-0.2, 0) is 11.2 Å². The number of piperidine rings is 1. The van der Waals surface area contributed by atoms with Crippen LogP contribution in [0.1, 0.15) is 37.0 Å². The highest BCUT2D eigenvalue weighted by atomic mass is 32.1. The Labute approximate surface area is 125 Å². The van der Waals surface area contributed by atoms with Crippen molar-refractivity contribution in [3.63, 3.8) is 0 Å². The molecule has 1 aromatic rings. The molecule has 0 bridgehead atoms. The van der Waals surface area contributed by atoms with Gasteiger partial charge in [0, 0.05) is 17.3 Å². The van der Waals surface area contributed by atoms with Gasteiger partial charge in [0.15, 0.2) is 0 Å². The first-order valence-corrected chi connectivity index (χ1v) is 8.74. The van der Waals surface area contributed by atoms with Gasteiger partial charge in [-0.15, -0.1) is 11.3 Å². The number of hydrogen-bond acceptors (Lipinski definition) is 4. The molecule has 2 aliphatic rings. The van der Waals surface area contributed by atoms with E-state index in [1.165, 1.54) is 24.1 Å². The second-order valence-electron chi connectivity index (χ2n) is 5.92. The van der Waals surface area contributed by atoms with Crippen LogP contribution in [-0.4, -0.2) is 42.4 Å². The van der Waals surface area contributed by atoms with E-state index in [1.807, 2.05) is 0 Å². The molecular weight excluding hydrogens is 268 g/mol. The fourth-order valence-electron chi connectivity index (χ4n) is 3.58. The molecule has 0 aliphatic carbocycles. The van der Waals surface area contributed by atoms with E-state index in [-0.39, 0.29) is 6.04 Å². The van der Waals surface area contributed by atoms with Gasteiger partial charge in [-0.3, -0.25) is 9.69 Å². The third-order valence-electron chi connectivity index (χ3n) is 4.64. The number of nitrogens with one attached hydrogen (secondary N) is 1. The lowest BCUT2D eigenvalue weighted by atomic mass is 10.00. The number of rotatable bonds is 5. The van der Waals surface area contributed by atoms with E-state index >= 15 is 0 Å². The maximum absolute atomic E-state index is 12.5. The Bertz CT molecular complexity index is 426. The molecule has 1 N–H and O–H groups in total. The summed E-state index contributed by atoms with van der Waals surface area (Å²) in [4.78, 5) is 16.4. The maximum Gasteiger partial charge on any atom is 0.150 e. The molecule has 1 aromatic heterocycles. The number of nitrogens with zero attached hydrogens (tertiary/aromatic N) is 1. The minimum Gasteiger partial charge on any atom is -0.317 e. The summed E-state index contributed by atoms with van der Waals surface area (Å²) < 4.78 is 0. The fourth-order valence-corrected chi connectivity index (χ4v) is 4.29. The van der Waals surface area contributed by atoms with Crippen molar-refractivity contribution in [3.05, 3.63) is 22.4 Å². The van der Waals surface area contributed by atoms with Crippen LogP contribution in [0.4, 0.5) is 0 Å². The molecule has 3 rings (SSSR count). The van der Waals surface area contributed by atoms with Crippen molar-refractivity contribution in [2.75, 3.05) is 19.6 Å². The number of aryl methyl sites for hydroxylation is 1. The van der Waals surface area contributed by atoms with Crippen molar-refractivity contribution in [2.45, 2.75) is 50.6 Å². The van der Waals surface area contributed by atoms with Crippen molar-refractivity contribution < 1.29 is 4.79 Å². The summed E-state index contributed by atoms with van der Waals surface area (Å²) in [6.45, 7) is 3.34. The minimum absolute atomic E-state index is 0.207. The number of hydrogen-bond donors (Lipinski definition) is 1. The first kappa shape index (κ1) is 14.2. The second-order valence-corrected chi connectivity index (χ2v) is 6.95. The molecule has 110 valence electrons. The van der Waals surface area contributed by atoms with Gasteiger partial charge in [-0.2, -0.15) is 0 Å². The first-order chi connectivity index (χ1) is 9.84. The molecule has 0 radical (unpaired) electrons. The quantitative estimate of drug-likeness (QED) is 0.905. The molecule has 0 saturated carbocycles. The number of Topliss-reactive ketones (excluding diaryl/α,β-unsaturated/α-hetero) is 1. The molecule has 3 nitrogen and oxygen atoms in total. The van der Waals surface area contributed by atoms with Crippen LogP contribution in [0.2, 0.25) is 0 Å². The maximum atomic E-state index is 12.5. The molecule has 3 heterocycles. The Kier molecular flexibility index (Phi) is 4.86. The lowest BCUT2D eigenvalue weighted by Gasteiger charge is -2.35. The molecule has 2 fully saturated rings. The summed E-state index contributed by atoms with van der Waals surface area (Å²) >= 11 is 1.76. The first-order valence-electron chi connectivity index (χ1n) is 7.86. The Morgan fingerprint density at radius 1 is 1.35 bits per heavy atom. The van der Waals surface area contributed by atoms with E-state index in [9.17, 15) is 4.79 Å². The SMILES string of the molecule is O=C(CCc1cccs1)C1CCCN1C1CCNCC1. The largest absolute Gasteiger partial charge is 0.317 e. The average molecular weight is 292 g/mol. The molecule has 0 amide bonds. The molecular formula is C16H24N2OS. The van der Waals surface area contributed by atoms with E-state index in [0.717, 1.165) is 32.5 Å². The Hall–Kier alpha value is -0.710. The lowest BCUT2D eigenvalue weighted by Crippen LogP contribution is -2.47. The molecule has 4 heteroatoms. The number of thiophene rings is 1. The van der Waals surface area contributed by atoms with Crippen molar-refractivity contribution >= 4 is 17.1 Å². The molecule has 2 aliphatic heterocycles. The Balaban J connectivity index is 1.55. The zero-order valence-corrected chi connectivity index (χ0v) is 12.8. The molecule has 2 saturated heterocycles. The number of likely N-dealkylation sites (tertiary alicyclic amines) is 1. The van der Waals surface area contributed by atoms with E-state index < -0.39 is 0 Å². The normalized spacial score (nSPS) is 25.1. The van der Waals surface area contributed by atoms with Gasteiger partial charge in [-0.25, -0.2) is 0 Å². The Morgan fingerprint density at radius 2 is 2.20 bits per heavy atom. The summed E-state index contributed by atoms with van der Waals surface area (Å²) in [5.74, 6) is 0.467. The van der Waals surface area contributed by atoms with Gasteiger partial charge in [0.1, 0.15) is 5.78 Å². The van der Waals surface area contributed by atoms with E-state index in [1.54, 1.807) is 11.3 Å². The highest BCUT2D eigenvalue weighted by Gasteiger charge is 2.35. The van der Waals surface area contributed by atoms with Crippen LogP contribution in [0.3, 0.4) is 0 Å². The van der Waals surface area contributed by atoms with Crippen LogP contribution < -0.4 is 5.32 Å². The molecule has 0 spiro atoms. The van der Waals surface area contributed by atoms with Crippen LogP contribution in [0.25, 0.3) is 0 Å². The van der Waals surface area contributed by atoms with Crippen LogP contribution >= 0.6 is 11.3 Å². The molecule has 1 atom stereocenters. The highest BCUT2D eigenvalue weighted by molar-refractivity contribution is 7.09. The number of carbonyl (C=O) groups excluding carboxylic acids is 1. The van der Waals surface area contributed by atoms with Crippen molar-refractivity contribution in [1.29, 1.82) is 0 Å². The highest BCUT2D eigenvalue weighted by Crippen LogP contribution is 2.26. The summed E-state index contributed by atoms with van der Waals surface area (Å²) in [5.41, 5.74) is 0. The molecule has 20 heavy (non-hydrogen) atoms. The predicted molar refractivity (Wildman–Crippen MR) is 83.3 cm³/mol. The summed E-state index contributed by atoms with van der Waals surface area (Å²) in [7, 11) is 0. The topological polar surface area (TPSA) is 32.3 Å². The van der Waals surface area contributed by atoms with Gasteiger partial charge in [0.25, 0.3) is 0 Å². The Morgan fingerprint density at radius 3 is 2.95 bits per heavy atom. The van der Waals surface area contributed by atoms with Gasteiger partial charge in [-0.05, 0) is 63.2 Å². The second kappa shape index (κ2) is 6.83. The van der Waals surface area contributed by atoms with Gasteiger partial charge in [0.2, 0.25) is 0 Å². The summed E-state index contributed by atoms with van der Waals surface area (Å²) in [6.07, 6.45) is 6.32. The zero-order valence-electron chi connectivity index (χ0n) is 12.0. The third-order valence-corrected chi connectivity index (χ3v) is 5.58. The van der Waals surface area contributed by atoms with Gasteiger partial charge in [-0.1, -0.05) is 6.07 Å². The predicted octanol–water partition coefficient (Wildman–Crippen LogP) is 2.47. The summed E-state index contributed by atoms with van der Waals surface area (Å²) in [6, 6.07) is 5.05. The zero-order chi connectivity index (χ0) is 13.8. The standard InChI is InChI=1S/C16H24N2OS/c19-16(6-5-14-3-2-12-20-14)15-4-1-11-18(15)13-7-9-17-10-8-13/h2-3,12-13,15,17H,1,4-11H2. The van der Waals surface area contributed by atoms with Gasteiger partial charge < -0.3 is 5.32 Å². The monoisotopic (exact) mass is 292 g/mol. The minimum atomic E-state index is 0.207. The fraction of sp³-hybridized carbons (Fsp3) is 0.688. The van der Waals surface area contributed by atoms with Gasteiger partial charge >= 0.3 is 0 Å². The molecule has 1 unspecified atom stereocenters. The van der Waals surface area contributed by atoms with Crippen LogP contribution in [0, 0.1) is 0 Å². The van der Waals surface area contributed by atoms with Crippen LogP contribution in [0.15, 0.2) is 17.5 Å². The third kappa shape index (κ3) is 3.30. The molecule has 0 aromatic carbocycles.